The zero-order chi connectivity index (χ0) is 14.5. The van der Waals surface area contributed by atoms with Crippen molar-refractivity contribution in [3.05, 3.63) is 29.8 Å². The number of carboxylic acid groups (broad SMARTS) is 1. The van der Waals surface area contributed by atoms with E-state index in [1.807, 2.05) is 24.3 Å². The van der Waals surface area contributed by atoms with E-state index in [4.69, 9.17) is 5.11 Å². The molecule has 0 bridgehead atoms. The second kappa shape index (κ2) is 6.18. The maximum absolute atomic E-state index is 11.4. The Morgan fingerprint density at radius 3 is 2.50 bits per heavy atom. The zero-order valence-corrected chi connectivity index (χ0v) is 11.0. The van der Waals surface area contributed by atoms with Crippen molar-refractivity contribution in [3.8, 4) is 0 Å². The molecule has 0 spiro atoms. The lowest BCUT2D eigenvalue weighted by Crippen LogP contribution is -2.51. The summed E-state index contributed by atoms with van der Waals surface area (Å²) in [5, 5.41) is 10.9. The van der Waals surface area contributed by atoms with Crippen LogP contribution < -0.4 is 10.2 Å². The van der Waals surface area contributed by atoms with Crippen molar-refractivity contribution in [2.75, 3.05) is 18.0 Å². The minimum absolute atomic E-state index is 0.105. The fraction of sp³-hybridized carbons (Fsp3) is 0.357. The number of carbonyl (C=O) groups is 3. The first-order chi connectivity index (χ1) is 9.56. The molecule has 1 aromatic carbocycles. The number of carbonyl (C=O) groups excluding carboxylic acids is 2. The minimum atomic E-state index is -0.824. The van der Waals surface area contributed by atoms with Crippen molar-refractivity contribution in [1.82, 2.24) is 5.32 Å². The van der Waals surface area contributed by atoms with Crippen LogP contribution in [0.4, 0.5) is 5.69 Å². The largest absolute Gasteiger partial charge is 0.481 e. The highest BCUT2D eigenvalue weighted by molar-refractivity contribution is 6.02. The van der Waals surface area contributed by atoms with E-state index < -0.39 is 5.97 Å². The van der Waals surface area contributed by atoms with Crippen LogP contribution in [0.1, 0.15) is 18.4 Å². The maximum atomic E-state index is 11.4. The Kier molecular flexibility index (Phi) is 4.34. The number of carboxylic acids is 1. The van der Waals surface area contributed by atoms with Crippen LogP contribution in [0, 0.1) is 0 Å². The highest BCUT2D eigenvalue weighted by atomic mass is 16.4. The molecule has 1 aliphatic rings. The molecule has 0 aromatic heterocycles. The molecule has 2 amide bonds. The Morgan fingerprint density at radius 2 is 1.85 bits per heavy atom. The lowest BCUT2D eigenvalue weighted by Gasteiger charge is -2.29. The number of para-hydroxylation sites is 1. The number of benzene rings is 1. The summed E-state index contributed by atoms with van der Waals surface area (Å²) < 4.78 is 0. The Labute approximate surface area is 116 Å². The van der Waals surface area contributed by atoms with Crippen LogP contribution >= 0.6 is 0 Å². The van der Waals surface area contributed by atoms with Crippen LogP contribution in [0.5, 0.6) is 0 Å². The fourth-order valence-electron chi connectivity index (χ4n) is 2.27. The van der Waals surface area contributed by atoms with Gasteiger partial charge in [0.1, 0.15) is 0 Å². The van der Waals surface area contributed by atoms with Crippen LogP contribution in [0.15, 0.2) is 24.3 Å². The van der Waals surface area contributed by atoms with E-state index in [1.54, 1.807) is 4.90 Å². The topological polar surface area (TPSA) is 86.7 Å². The first kappa shape index (κ1) is 14.0. The average molecular weight is 276 g/mol. The summed E-state index contributed by atoms with van der Waals surface area (Å²) >= 11 is 0. The van der Waals surface area contributed by atoms with Crippen molar-refractivity contribution in [2.45, 2.75) is 19.3 Å². The molecule has 2 rings (SSSR count). The molecule has 1 aliphatic heterocycles. The van der Waals surface area contributed by atoms with Gasteiger partial charge < -0.3 is 10.0 Å². The Balaban J connectivity index is 2.12. The third kappa shape index (κ3) is 3.57. The Morgan fingerprint density at radius 1 is 1.20 bits per heavy atom. The molecule has 2 N–H and O–H groups in total. The van der Waals surface area contributed by atoms with Gasteiger partial charge in [0, 0.05) is 12.1 Å². The van der Waals surface area contributed by atoms with Crippen molar-refractivity contribution in [1.29, 1.82) is 0 Å². The number of hydrogen-bond acceptors (Lipinski definition) is 4. The molecule has 6 nitrogen and oxygen atoms in total. The van der Waals surface area contributed by atoms with Gasteiger partial charge in [0.25, 0.3) is 0 Å². The van der Waals surface area contributed by atoms with E-state index in [2.05, 4.69) is 5.32 Å². The smallest absolute Gasteiger partial charge is 0.303 e. The number of amides is 2. The van der Waals surface area contributed by atoms with Crippen LogP contribution in [0.2, 0.25) is 0 Å². The molecule has 1 fully saturated rings. The first-order valence-electron chi connectivity index (χ1n) is 6.43. The van der Waals surface area contributed by atoms with E-state index >= 15 is 0 Å². The van der Waals surface area contributed by atoms with E-state index in [0.29, 0.717) is 12.8 Å². The number of anilines is 1. The molecule has 1 saturated heterocycles. The number of piperazine rings is 1. The van der Waals surface area contributed by atoms with Gasteiger partial charge in [-0.05, 0) is 24.5 Å². The van der Waals surface area contributed by atoms with Gasteiger partial charge in [-0.2, -0.15) is 0 Å². The Bertz CT molecular complexity index is 526. The summed E-state index contributed by atoms with van der Waals surface area (Å²) in [6.45, 7) is 0.281. The van der Waals surface area contributed by atoms with Crippen molar-refractivity contribution in [2.24, 2.45) is 0 Å². The van der Waals surface area contributed by atoms with Gasteiger partial charge in [-0.15, -0.1) is 0 Å². The molecule has 0 radical (unpaired) electrons. The van der Waals surface area contributed by atoms with Gasteiger partial charge in [-0.3, -0.25) is 19.7 Å². The number of aryl methyl sites for hydroxylation is 1. The second-order valence-corrected chi connectivity index (χ2v) is 4.70. The standard InChI is InChI=1S/C14H16N2O4/c17-12-8-16(9-13(18)15-12)11-6-2-1-4-10(11)5-3-7-14(19)20/h1-2,4,6H,3,5,7-9H2,(H,19,20)(H,15,17,18). The van der Waals surface area contributed by atoms with Crippen LogP contribution in [0.25, 0.3) is 0 Å². The molecular weight excluding hydrogens is 260 g/mol. The van der Waals surface area contributed by atoms with Gasteiger partial charge in [-0.25, -0.2) is 0 Å². The normalized spacial score (nSPS) is 15.1. The molecule has 0 unspecified atom stereocenters. The number of nitrogens with one attached hydrogen (secondary N) is 1. The predicted molar refractivity (Wildman–Crippen MR) is 72.4 cm³/mol. The summed E-state index contributed by atoms with van der Waals surface area (Å²) in [5.74, 6) is -1.46. The van der Waals surface area contributed by atoms with Crippen molar-refractivity contribution >= 4 is 23.5 Å². The number of rotatable bonds is 5. The molecule has 6 heteroatoms. The van der Waals surface area contributed by atoms with Gasteiger partial charge in [0.05, 0.1) is 13.1 Å². The maximum Gasteiger partial charge on any atom is 0.303 e. The SMILES string of the molecule is O=C(O)CCCc1ccccc1N1CC(=O)NC(=O)C1. The predicted octanol–water partition coefficient (Wildman–Crippen LogP) is 0.557. The fourth-order valence-corrected chi connectivity index (χ4v) is 2.27. The first-order valence-corrected chi connectivity index (χ1v) is 6.43. The van der Waals surface area contributed by atoms with Crippen LogP contribution in [-0.4, -0.2) is 36.0 Å². The summed E-state index contributed by atoms with van der Waals surface area (Å²) in [6.07, 6.45) is 1.24. The summed E-state index contributed by atoms with van der Waals surface area (Å²) in [5.41, 5.74) is 1.78. The van der Waals surface area contributed by atoms with E-state index in [1.165, 1.54) is 0 Å². The van der Waals surface area contributed by atoms with E-state index in [9.17, 15) is 14.4 Å². The van der Waals surface area contributed by atoms with Gasteiger partial charge in [0.2, 0.25) is 11.8 Å². The van der Waals surface area contributed by atoms with Crippen LogP contribution in [-0.2, 0) is 20.8 Å². The molecule has 1 heterocycles. The van der Waals surface area contributed by atoms with Crippen molar-refractivity contribution < 1.29 is 19.5 Å². The Hall–Kier alpha value is -2.37. The molecular formula is C14H16N2O4. The third-order valence-electron chi connectivity index (χ3n) is 3.12. The van der Waals surface area contributed by atoms with Crippen LogP contribution in [0.3, 0.4) is 0 Å². The quantitative estimate of drug-likeness (QED) is 0.767. The third-order valence-corrected chi connectivity index (χ3v) is 3.12. The monoisotopic (exact) mass is 276 g/mol. The number of imide groups is 1. The number of hydrogen-bond donors (Lipinski definition) is 2. The molecule has 0 aliphatic carbocycles. The number of aliphatic carboxylic acids is 1. The van der Waals surface area contributed by atoms with Gasteiger partial charge in [-0.1, -0.05) is 18.2 Å². The van der Waals surface area contributed by atoms with E-state index in [-0.39, 0.29) is 31.3 Å². The molecule has 0 atom stereocenters. The lowest BCUT2D eigenvalue weighted by molar-refractivity contribution is -0.137. The second-order valence-electron chi connectivity index (χ2n) is 4.70. The lowest BCUT2D eigenvalue weighted by atomic mass is 10.0. The molecule has 1 aromatic rings. The van der Waals surface area contributed by atoms with E-state index in [0.717, 1.165) is 11.3 Å². The molecule has 106 valence electrons. The molecule has 20 heavy (non-hydrogen) atoms. The average Bonchev–Trinajstić information content (AvgIpc) is 2.37. The summed E-state index contributed by atoms with van der Waals surface area (Å²) in [4.78, 5) is 35.1. The summed E-state index contributed by atoms with van der Waals surface area (Å²) in [6, 6.07) is 7.45. The highest BCUT2D eigenvalue weighted by Crippen LogP contribution is 2.22. The zero-order valence-electron chi connectivity index (χ0n) is 11.0. The van der Waals surface area contributed by atoms with Gasteiger partial charge in [0.15, 0.2) is 0 Å². The number of nitrogens with zero attached hydrogens (tertiary/aromatic N) is 1. The van der Waals surface area contributed by atoms with Gasteiger partial charge >= 0.3 is 5.97 Å². The summed E-state index contributed by atoms with van der Waals surface area (Å²) in [7, 11) is 0. The van der Waals surface area contributed by atoms with Crippen molar-refractivity contribution in [3.63, 3.8) is 0 Å². The highest BCUT2D eigenvalue weighted by Gasteiger charge is 2.23. The minimum Gasteiger partial charge on any atom is -0.481 e. The molecule has 0 saturated carbocycles.